The maximum absolute atomic E-state index is 9.00. The molecule has 1 radical (unpaired) electrons. The van der Waals surface area contributed by atoms with Gasteiger partial charge in [0.05, 0.1) is 45.6 Å². The number of carbonyl (C=O) groups is 1. The van der Waals surface area contributed by atoms with Crippen LogP contribution in [0.2, 0.25) is 0 Å². The number of aliphatic carboxylic acids is 1. The molecular formula is C42H28MnN8O2. The van der Waals surface area contributed by atoms with Gasteiger partial charge in [0.1, 0.15) is 0 Å². The van der Waals surface area contributed by atoms with Gasteiger partial charge < -0.3 is 15.1 Å². The molecule has 2 aliphatic heterocycles. The summed E-state index contributed by atoms with van der Waals surface area (Å²) in [5, 5.41) is 7.42. The minimum atomic E-state index is -0.833. The van der Waals surface area contributed by atoms with Crippen molar-refractivity contribution < 1.29 is 27.0 Å². The Labute approximate surface area is 314 Å². The fraction of sp³-hybridized carbons (Fsp3) is 0.0238. The van der Waals surface area contributed by atoms with Crippen LogP contribution in [0.4, 0.5) is 0 Å². The minimum absolute atomic E-state index is 0. The van der Waals surface area contributed by atoms with E-state index in [1.54, 1.807) is 24.8 Å². The van der Waals surface area contributed by atoms with Crippen LogP contribution in [0, 0.1) is 0 Å². The van der Waals surface area contributed by atoms with E-state index in [1.165, 1.54) is 0 Å². The fourth-order valence-corrected chi connectivity index (χ4v) is 6.18. The number of rotatable bonds is 4. The van der Waals surface area contributed by atoms with E-state index in [0.717, 1.165) is 96.8 Å². The summed E-state index contributed by atoms with van der Waals surface area (Å²) >= 11 is 0. The topological polar surface area (TPSA) is 143 Å². The molecule has 0 spiro atoms. The molecule has 255 valence electrons. The number of carboxylic acids is 1. The van der Waals surface area contributed by atoms with E-state index in [2.05, 4.69) is 0 Å². The van der Waals surface area contributed by atoms with Gasteiger partial charge in [0.15, 0.2) is 0 Å². The summed E-state index contributed by atoms with van der Waals surface area (Å²) in [6.45, 7) is 1.08. The molecule has 0 fully saturated rings. The number of pyridine rings is 4. The molecule has 7 aromatic rings. The standard InChI is InChI=1S/C40H24N8.C2H4O2.Mn/c1-5-21-41-25(9-1)37-29-13-15-31(45-29)38(26-10-2-6-22-42-26)33-17-19-35(47-33)40(28-12-4-8-24-44-28)36-20-18-34(48-36)39(27-11-3-7-23-43-27)32-16-14-30(37)46-32;1-2(3)4;/h1-24H;1H3,(H,3,4);/q-2;;+2. The summed E-state index contributed by atoms with van der Waals surface area (Å²) in [5.41, 5.74) is 12.3. The van der Waals surface area contributed by atoms with Crippen molar-refractivity contribution in [3.05, 3.63) is 145 Å². The van der Waals surface area contributed by atoms with E-state index in [4.69, 9.17) is 49.8 Å². The number of hydrogen-bond acceptors (Lipinski definition) is 7. The van der Waals surface area contributed by atoms with Gasteiger partial charge in [-0.2, -0.15) is 0 Å². The monoisotopic (exact) mass is 731 g/mol. The Morgan fingerprint density at radius 3 is 0.906 bits per heavy atom. The van der Waals surface area contributed by atoms with Crippen molar-refractivity contribution in [3.63, 3.8) is 0 Å². The van der Waals surface area contributed by atoms with E-state index in [1.807, 2.05) is 121 Å². The van der Waals surface area contributed by atoms with Crippen LogP contribution in [0.5, 0.6) is 0 Å². The fourth-order valence-electron chi connectivity index (χ4n) is 6.18. The maximum Gasteiger partial charge on any atom is 2.00 e. The zero-order chi connectivity index (χ0) is 35.4. The molecule has 0 aliphatic carbocycles. The van der Waals surface area contributed by atoms with Crippen molar-refractivity contribution in [3.8, 4) is 45.0 Å². The third-order valence-electron chi connectivity index (χ3n) is 8.29. The predicted molar refractivity (Wildman–Crippen MR) is 203 cm³/mol. The molecule has 53 heavy (non-hydrogen) atoms. The summed E-state index contributed by atoms with van der Waals surface area (Å²) in [4.78, 5) is 48.7. The van der Waals surface area contributed by atoms with Crippen LogP contribution in [0.25, 0.3) is 91.4 Å². The van der Waals surface area contributed by atoms with E-state index in [0.29, 0.717) is 0 Å². The summed E-state index contributed by atoms with van der Waals surface area (Å²) in [6, 6.07) is 31.5. The first-order chi connectivity index (χ1) is 25.5. The SMILES string of the molecule is C1=Cc2nc1c(-c1ccccn1)c1ccc([n-]1)c(-c1ccccn1)c1nc(c(-c3ccccn3)c3ccc([n-]3)c2-c2ccccn2)C=C1.CC(=O)O.[Mn+2]. The normalized spacial score (nSPS) is 11.3. The van der Waals surface area contributed by atoms with Gasteiger partial charge in [0, 0.05) is 54.0 Å². The molecule has 10 nitrogen and oxygen atoms in total. The Hall–Kier alpha value is -6.81. The van der Waals surface area contributed by atoms with Crippen LogP contribution in [0.15, 0.2) is 122 Å². The molecule has 0 aromatic carbocycles. The third-order valence-corrected chi connectivity index (χ3v) is 8.29. The van der Waals surface area contributed by atoms with Gasteiger partial charge in [-0.05, 0) is 72.8 Å². The average Bonchev–Trinajstić information content (AvgIpc) is 4.01. The molecular weight excluding hydrogens is 703 g/mol. The number of fused-ring (bicyclic) bond motifs is 8. The van der Waals surface area contributed by atoms with Gasteiger partial charge in [-0.3, -0.25) is 24.7 Å². The number of nitrogens with zero attached hydrogens (tertiary/aromatic N) is 8. The summed E-state index contributed by atoms with van der Waals surface area (Å²) in [7, 11) is 0. The Kier molecular flexibility index (Phi) is 9.93. The van der Waals surface area contributed by atoms with Crippen LogP contribution in [-0.4, -0.2) is 41.0 Å². The van der Waals surface area contributed by atoms with Crippen molar-refractivity contribution in [1.82, 2.24) is 39.9 Å². The Morgan fingerprint density at radius 2 is 0.698 bits per heavy atom. The van der Waals surface area contributed by atoms with E-state index in [9.17, 15) is 0 Å². The Morgan fingerprint density at radius 1 is 0.453 bits per heavy atom. The van der Waals surface area contributed by atoms with Crippen molar-refractivity contribution in [2.75, 3.05) is 0 Å². The molecule has 0 amide bonds. The second kappa shape index (κ2) is 15.2. The molecule has 11 heteroatoms. The van der Waals surface area contributed by atoms with Crippen LogP contribution in [-0.2, 0) is 21.9 Å². The van der Waals surface area contributed by atoms with Gasteiger partial charge in [0.25, 0.3) is 5.97 Å². The summed E-state index contributed by atoms with van der Waals surface area (Å²) in [6.07, 6.45) is 15.2. The molecule has 9 rings (SSSR count). The molecule has 2 aliphatic rings. The first-order valence-corrected chi connectivity index (χ1v) is 16.4. The predicted octanol–water partition coefficient (Wildman–Crippen LogP) is 8.25. The molecule has 0 atom stereocenters. The number of hydrogen-bond donors (Lipinski definition) is 1. The maximum atomic E-state index is 9.00. The molecule has 0 saturated heterocycles. The zero-order valence-corrected chi connectivity index (χ0v) is 29.3. The first kappa shape index (κ1) is 34.6. The van der Waals surface area contributed by atoms with Crippen molar-refractivity contribution >= 4 is 52.3 Å². The van der Waals surface area contributed by atoms with Gasteiger partial charge in [-0.15, -0.1) is 22.1 Å². The van der Waals surface area contributed by atoms with Crippen molar-refractivity contribution in [2.24, 2.45) is 0 Å². The molecule has 0 saturated carbocycles. The number of aromatic nitrogens is 8. The quantitative estimate of drug-likeness (QED) is 0.176. The van der Waals surface area contributed by atoms with Crippen molar-refractivity contribution in [2.45, 2.75) is 6.92 Å². The second-order valence-corrected chi connectivity index (χ2v) is 11.7. The number of carboxylic acid groups (broad SMARTS) is 1. The minimum Gasteiger partial charge on any atom is -0.657 e. The van der Waals surface area contributed by atoms with Crippen LogP contribution in [0.3, 0.4) is 0 Å². The largest absolute Gasteiger partial charge is 2.00 e. The van der Waals surface area contributed by atoms with Crippen LogP contribution < -0.4 is 9.97 Å². The Bertz CT molecular complexity index is 2300. The van der Waals surface area contributed by atoms with Gasteiger partial charge in [-0.25, -0.2) is 9.97 Å². The van der Waals surface area contributed by atoms with E-state index >= 15 is 0 Å². The first-order valence-electron chi connectivity index (χ1n) is 16.4. The third kappa shape index (κ3) is 7.07. The van der Waals surface area contributed by atoms with E-state index < -0.39 is 5.97 Å². The van der Waals surface area contributed by atoms with Gasteiger partial charge >= 0.3 is 17.1 Å². The second-order valence-electron chi connectivity index (χ2n) is 11.7. The summed E-state index contributed by atoms with van der Waals surface area (Å²) in [5.74, 6) is -0.833. The Balaban J connectivity index is 0.000000831. The van der Waals surface area contributed by atoms with Gasteiger partial charge in [-0.1, -0.05) is 48.5 Å². The summed E-state index contributed by atoms with van der Waals surface area (Å²) < 4.78 is 0. The van der Waals surface area contributed by atoms with Gasteiger partial charge in [0.2, 0.25) is 0 Å². The molecule has 1 N–H and O–H groups in total. The average molecular weight is 732 g/mol. The van der Waals surface area contributed by atoms with Crippen LogP contribution >= 0.6 is 0 Å². The zero-order valence-electron chi connectivity index (χ0n) is 28.2. The van der Waals surface area contributed by atoms with Crippen LogP contribution in [0.1, 0.15) is 29.7 Å². The molecule has 0 unspecified atom stereocenters. The smallest absolute Gasteiger partial charge is 0.657 e. The molecule has 9 heterocycles. The molecule has 8 bridgehead atoms. The van der Waals surface area contributed by atoms with Crippen molar-refractivity contribution in [1.29, 1.82) is 0 Å². The molecule has 7 aromatic heterocycles. The van der Waals surface area contributed by atoms with E-state index in [-0.39, 0.29) is 17.1 Å².